The molecule has 0 amide bonds. The zero-order chi connectivity index (χ0) is 19.4. The molecule has 0 spiro atoms. The second-order valence-electron chi connectivity index (χ2n) is 10.0. The van der Waals surface area contributed by atoms with Crippen LogP contribution in [0.3, 0.4) is 0 Å². The van der Waals surface area contributed by atoms with Crippen molar-refractivity contribution in [1.82, 2.24) is 0 Å². The van der Waals surface area contributed by atoms with E-state index < -0.39 is 23.2 Å². The summed E-state index contributed by atoms with van der Waals surface area (Å²) >= 11 is -0.719. The first-order chi connectivity index (χ1) is 12.6. The quantitative estimate of drug-likeness (QED) is 0.438. The first-order valence-electron chi connectivity index (χ1n) is 10.1. The molecule has 1 heteroatoms. The van der Waals surface area contributed by atoms with Gasteiger partial charge in [-0.3, -0.25) is 0 Å². The van der Waals surface area contributed by atoms with Crippen LogP contribution in [0.25, 0.3) is 11.1 Å². The van der Waals surface area contributed by atoms with Gasteiger partial charge in [-0.1, -0.05) is 0 Å². The Balaban J connectivity index is 1.86. The molecular weight excluding hydrogens is 404 g/mol. The minimum absolute atomic E-state index is 0.190. The van der Waals surface area contributed by atoms with Gasteiger partial charge < -0.3 is 0 Å². The van der Waals surface area contributed by atoms with E-state index in [4.69, 9.17) is 0 Å². The molecule has 0 bridgehead atoms. The third kappa shape index (κ3) is 3.73. The van der Waals surface area contributed by atoms with E-state index in [0.29, 0.717) is 0 Å². The molecule has 0 unspecified atom stereocenters. The van der Waals surface area contributed by atoms with Crippen molar-refractivity contribution in [2.45, 2.75) is 65.2 Å². The molecule has 0 N–H and O–H groups in total. The molecule has 0 nitrogen and oxygen atoms in total. The van der Waals surface area contributed by atoms with E-state index in [0.717, 1.165) is 6.42 Å². The van der Waals surface area contributed by atoms with Crippen molar-refractivity contribution < 1.29 is 23.2 Å². The van der Waals surface area contributed by atoms with Gasteiger partial charge in [-0.25, -0.2) is 0 Å². The van der Waals surface area contributed by atoms with Gasteiger partial charge in [0.15, 0.2) is 0 Å². The Morgan fingerprint density at radius 2 is 1.52 bits per heavy atom. The van der Waals surface area contributed by atoms with Crippen LogP contribution >= 0.6 is 0 Å². The van der Waals surface area contributed by atoms with Crippen molar-refractivity contribution >= 4 is 3.27 Å². The summed E-state index contributed by atoms with van der Waals surface area (Å²) in [4.78, 5) is 0. The molecule has 2 aromatic rings. The zero-order valence-corrected chi connectivity index (χ0v) is 20.0. The zero-order valence-electron chi connectivity index (χ0n) is 17.5. The van der Waals surface area contributed by atoms with E-state index in [-0.39, 0.29) is 10.8 Å². The molecule has 0 fully saturated rings. The minimum atomic E-state index is -0.719. The summed E-state index contributed by atoms with van der Waals surface area (Å²) in [5.74, 6) is 0. The average Bonchev–Trinajstić information content (AvgIpc) is 3.20. The van der Waals surface area contributed by atoms with Gasteiger partial charge in [0.2, 0.25) is 0 Å². The first kappa shape index (κ1) is 19.1. The molecule has 27 heavy (non-hydrogen) atoms. The molecule has 0 aromatic heterocycles. The van der Waals surface area contributed by atoms with Crippen molar-refractivity contribution in [3.63, 3.8) is 0 Å². The van der Waals surface area contributed by atoms with Crippen LogP contribution in [-0.2, 0) is 40.5 Å². The molecule has 0 aliphatic heterocycles. The normalized spacial score (nSPS) is 15.6. The standard InChI is InChI=1S/C21H25.C5H5.Zr/c1-20(2,3)16-9-7-14-11-15-8-10-17(21(4,5)6)13-19(15)18(14)12-16;1-2-4-5-3-1;/h7,9-10,12-13H,11H2,1-6H3;1-3H,4H2;. The van der Waals surface area contributed by atoms with Gasteiger partial charge in [0.1, 0.15) is 0 Å². The molecule has 2 aromatic carbocycles. The third-order valence-corrected chi connectivity index (χ3v) is 9.28. The number of hydrogen-bond acceptors (Lipinski definition) is 0. The summed E-state index contributed by atoms with van der Waals surface area (Å²) in [6.07, 6.45) is 9.24. The fourth-order valence-electron chi connectivity index (χ4n) is 4.00. The van der Waals surface area contributed by atoms with Crippen LogP contribution in [0.4, 0.5) is 0 Å². The molecule has 138 valence electrons. The van der Waals surface area contributed by atoms with E-state index in [1.165, 1.54) is 34.2 Å². The Morgan fingerprint density at radius 3 is 2.15 bits per heavy atom. The Kier molecular flexibility index (Phi) is 4.75. The number of allylic oxidation sites excluding steroid dienone is 4. The number of hydrogen-bond donors (Lipinski definition) is 0. The fraction of sp³-hybridized carbons (Fsp3) is 0.385. The topological polar surface area (TPSA) is 0 Å². The van der Waals surface area contributed by atoms with E-state index in [2.05, 4.69) is 90.1 Å². The average molecular weight is 434 g/mol. The van der Waals surface area contributed by atoms with Crippen LogP contribution < -0.4 is 3.27 Å². The van der Waals surface area contributed by atoms with Crippen molar-refractivity contribution in [2.75, 3.05) is 0 Å². The monoisotopic (exact) mass is 432 g/mol. The Bertz CT molecular complexity index is 959. The van der Waals surface area contributed by atoms with Crippen LogP contribution in [-0.4, -0.2) is 0 Å². The van der Waals surface area contributed by atoms with Gasteiger partial charge in [-0.2, -0.15) is 0 Å². The first-order valence-corrected chi connectivity index (χ1v) is 12.5. The molecular formula is C26H30Zr. The van der Waals surface area contributed by atoms with Crippen molar-refractivity contribution in [1.29, 1.82) is 0 Å². The maximum atomic E-state index is 2.56. The maximum absolute atomic E-state index is 2.56. The summed E-state index contributed by atoms with van der Waals surface area (Å²) in [7, 11) is 0. The van der Waals surface area contributed by atoms with Crippen molar-refractivity contribution in [3.8, 4) is 11.1 Å². The van der Waals surface area contributed by atoms with Gasteiger partial charge >= 0.3 is 177 Å². The molecule has 4 rings (SSSR count). The predicted molar refractivity (Wildman–Crippen MR) is 114 cm³/mol. The van der Waals surface area contributed by atoms with Gasteiger partial charge in [-0.15, -0.1) is 0 Å². The van der Waals surface area contributed by atoms with Crippen LogP contribution in [0.15, 0.2) is 51.8 Å². The fourth-order valence-corrected chi connectivity index (χ4v) is 7.31. The van der Waals surface area contributed by atoms with Crippen molar-refractivity contribution in [3.05, 3.63) is 74.1 Å². The van der Waals surface area contributed by atoms with E-state index >= 15 is 0 Å². The van der Waals surface area contributed by atoms with Gasteiger partial charge in [-0.05, 0) is 0 Å². The molecule has 2 aliphatic rings. The molecule has 0 atom stereocenters. The van der Waals surface area contributed by atoms with Gasteiger partial charge in [0.05, 0.1) is 0 Å². The van der Waals surface area contributed by atoms with E-state index in [9.17, 15) is 0 Å². The van der Waals surface area contributed by atoms with Crippen LogP contribution in [0.1, 0.15) is 70.2 Å². The summed E-state index contributed by atoms with van der Waals surface area (Å²) < 4.78 is 3.41. The number of benzene rings is 2. The summed E-state index contributed by atoms with van der Waals surface area (Å²) in [6, 6.07) is 12.3. The molecule has 0 saturated carbocycles. The number of rotatable bonds is 2. The van der Waals surface area contributed by atoms with Crippen LogP contribution in [0.5, 0.6) is 0 Å². The second-order valence-corrected chi connectivity index (χ2v) is 13.6. The number of fused-ring (bicyclic) bond motifs is 3. The SMILES string of the molecule is CC(C)(C)c1ccc2c(c1)-c1cc(C(C)(C)C)c[c]([Zr][C]3=CC=CC3)c1C2. The van der Waals surface area contributed by atoms with Gasteiger partial charge in [0.25, 0.3) is 0 Å². The van der Waals surface area contributed by atoms with Crippen molar-refractivity contribution in [2.24, 2.45) is 0 Å². The molecule has 0 heterocycles. The van der Waals surface area contributed by atoms with Crippen LogP contribution in [0, 0.1) is 0 Å². The van der Waals surface area contributed by atoms with Crippen LogP contribution in [0.2, 0.25) is 0 Å². The summed E-state index contributed by atoms with van der Waals surface area (Å²) in [5, 5.41) is 0. The Labute approximate surface area is 176 Å². The molecule has 0 saturated heterocycles. The van der Waals surface area contributed by atoms with E-state index in [1.807, 2.05) is 0 Å². The Hall–Kier alpha value is -1.20. The molecule has 2 aliphatic carbocycles. The summed E-state index contributed by atoms with van der Waals surface area (Å²) in [5.41, 5.74) is 9.48. The van der Waals surface area contributed by atoms with E-state index in [1.54, 1.807) is 12.1 Å². The predicted octanol–water partition coefficient (Wildman–Crippen LogP) is 6.40. The molecule has 0 radical (unpaired) electrons. The third-order valence-electron chi connectivity index (χ3n) is 5.82. The Morgan fingerprint density at radius 1 is 0.815 bits per heavy atom. The second kappa shape index (κ2) is 6.70. The van der Waals surface area contributed by atoms with Gasteiger partial charge in [0, 0.05) is 0 Å². The summed E-state index contributed by atoms with van der Waals surface area (Å²) in [6.45, 7) is 14.0.